The largest absolute Gasteiger partial charge is 0.375 e. The van der Waals surface area contributed by atoms with Crippen LogP contribution in [0.3, 0.4) is 0 Å². The van der Waals surface area contributed by atoms with Gasteiger partial charge in [0.1, 0.15) is 6.07 Å². The first-order valence-electron chi connectivity index (χ1n) is 5.87. The molecule has 96 valence electrons. The molecule has 0 bridgehead atoms. The van der Waals surface area contributed by atoms with Crippen LogP contribution in [-0.2, 0) is 4.79 Å². The van der Waals surface area contributed by atoms with Crippen molar-refractivity contribution >= 4 is 27.5 Å². The number of nitrogens with one attached hydrogen (secondary N) is 2. The van der Waals surface area contributed by atoms with Crippen molar-refractivity contribution in [2.45, 2.75) is 19.8 Å². The number of nitrogens with zero attached hydrogens (tertiary/aromatic N) is 1. The highest BCUT2D eigenvalue weighted by Gasteiger charge is 2.05. The van der Waals surface area contributed by atoms with E-state index >= 15 is 0 Å². The van der Waals surface area contributed by atoms with Gasteiger partial charge in [0.25, 0.3) is 0 Å². The number of hydrogen-bond donors (Lipinski definition) is 2. The Labute approximate surface area is 116 Å². The molecule has 0 heterocycles. The number of nitriles is 1. The van der Waals surface area contributed by atoms with E-state index in [0.717, 1.165) is 17.3 Å². The minimum Gasteiger partial charge on any atom is -0.375 e. The third-order valence-corrected chi connectivity index (χ3v) is 2.89. The molecule has 5 heteroatoms. The van der Waals surface area contributed by atoms with Crippen LogP contribution < -0.4 is 10.6 Å². The van der Waals surface area contributed by atoms with Gasteiger partial charge in [-0.3, -0.25) is 4.79 Å². The first kappa shape index (κ1) is 14.5. The Morgan fingerprint density at radius 1 is 1.50 bits per heavy atom. The fourth-order valence-electron chi connectivity index (χ4n) is 1.40. The average Bonchev–Trinajstić information content (AvgIpc) is 2.37. The summed E-state index contributed by atoms with van der Waals surface area (Å²) < 4.78 is 0.871. The lowest BCUT2D eigenvalue weighted by Gasteiger charge is -2.09. The van der Waals surface area contributed by atoms with Gasteiger partial charge in [-0.1, -0.05) is 29.3 Å². The molecule has 0 atom stereocenters. The first-order chi connectivity index (χ1) is 8.67. The minimum absolute atomic E-state index is 0.0627. The summed E-state index contributed by atoms with van der Waals surface area (Å²) in [5.41, 5.74) is 1.19. The predicted octanol–water partition coefficient (Wildman–Crippen LogP) is 2.65. The van der Waals surface area contributed by atoms with Crippen molar-refractivity contribution in [3.8, 4) is 6.07 Å². The Morgan fingerprint density at radius 3 is 2.94 bits per heavy atom. The smallest absolute Gasteiger partial charge is 0.239 e. The molecule has 0 fully saturated rings. The highest BCUT2D eigenvalue weighted by molar-refractivity contribution is 9.10. The maximum Gasteiger partial charge on any atom is 0.239 e. The maximum absolute atomic E-state index is 11.5. The fourth-order valence-corrected chi connectivity index (χ4v) is 1.76. The molecule has 1 rings (SSSR count). The number of carbonyl (C=O) groups is 1. The van der Waals surface area contributed by atoms with E-state index in [1.165, 1.54) is 0 Å². The van der Waals surface area contributed by atoms with E-state index in [-0.39, 0.29) is 12.5 Å². The molecule has 0 saturated heterocycles. The van der Waals surface area contributed by atoms with Gasteiger partial charge in [-0.15, -0.1) is 0 Å². The Hall–Kier alpha value is -1.54. The molecule has 2 N–H and O–H groups in total. The summed E-state index contributed by atoms with van der Waals surface area (Å²) in [6.45, 7) is 2.94. The molecular weight excluding hydrogens is 294 g/mol. The number of hydrogen-bond acceptors (Lipinski definition) is 3. The van der Waals surface area contributed by atoms with Crippen LogP contribution in [0.2, 0.25) is 0 Å². The van der Waals surface area contributed by atoms with Crippen molar-refractivity contribution in [1.29, 1.82) is 5.26 Å². The van der Waals surface area contributed by atoms with Gasteiger partial charge in [0.15, 0.2) is 0 Å². The summed E-state index contributed by atoms with van der Waals surface area (Å²) in [5.74, 6) is -0.0627. The Balaban J connectivity index is 2.50. The van der Waals surface area contributed by atoms with Crippen LogP contribution in [0.5, 0.6) is 0 Å². The number of rotatable bonds is 6. The molecule has 0 saturated carbocycles. The highest BCUT2D eigenvalue weighted by Crippen LogP contribution is 2.20. The van der Waals surface area contributed by atoms with Gasteiger partial charge in [0, 0.05) is 11.0 Å². The van der Waals surface area contributed by atoms with Crippen LogP contribution in [0.4, 0.5) is 5.69 Å². The van der Waals surface area contributed by atoms with Gasteiger partial charge in [-0.05, 0) is 24.6 Å². The molecule has 1 aromatic carbocycles. The van der Waals surface area contributed by atoms with Crippen LogP contribution in [0, 0.1) is 11.3 Å². The third-order valence-electron chi connectivity index (χ3n) is 2.39. The van der Waals surface area contributed by atoms with Crippen molar-refractivity contribution in [1.82, 2.24) is 5.32 Å². The molecule has 0 unspecified atom stereocenters. The van der Waals surface area contributed by atoms with Crippen LogP contribution in [0.15, 0.2) is 22.7 Å². The molecule has 0 aliphatic rings. The maximum atomic E-state index is 11.5. The SMILES string of the molecule is CCCCNC(=O)CNc1cc(Br)ccc1C#N. The van der Waals surface area contributed by atoms with Crippen LogP contribution >= 0.6 is 15.9 Å². The number of benzene rings is 1. The molecule has 0 radical (unpaired) electrons. The Bertz CT molecular complexity index is 454. The molecule has 18 heavy (non-hydrogen) atoms. The van der Waals surface area contributed by atoms with Gasteiger partial charge in [-0.2, -0.15) is 5.26 Å². The second-order valence-electron chi connectivity index (χ2n) is 3.86. The minimum atomic E-state index is -0.0627. The summed E-state index contributed by atoms with van der Waals surface area (Å²) >= 11 is 3.33. The third kappa shape index (κ3) is 4.76. The van der Waals surface area contributed by atoms with Gasteiger partial charge >= 0.3 is 0 Å². The molecule has 0 aliphatic carbocycles. The zero-order valence-electron chi connectivity index (χ0n) is 10.3. The number of carbonyl (C=O) groups excluding carboxylic acids is 1. The van der Waals surface area contributed by atoms with Gasteiger partial charge in [0.2, 0.25) is 5.91 Å². The van der Waals surface area contributed by atoms with Crippen LogP contribution in [-0.4, -0.2) is 19.0 Å². The summed E-state index contributed by atoms with van der Waals surface area (Å²) in [5, 5.41) is 14.7. The zero-order chi connectivity index (χ0) is 13.4. The Morgan fingerprint density at radius 2 is 2.28 bits per heavy atom. The second-order valence-corrected chi connectivity index (χ2v) is 4.77. The van der Waals surface area contributed by atoms with Gasteiger partial charge in [-0.25, -0.2) is 0 Å². The molecule has 1 aromatic rings. The van der Waals surface area contributed by atoms with E-state index in [1.54, 1.807) is 18.2 Å². The monoisotopic (exact) mass is 309 g/mol. The summed E-state index contributed by atoms with van der Waals surface area (Å²) in [4.78, 5) is 11.5. The van der Waals surface area contributed by atoms with E-state index in [1.807, 2.05) is 0 Å². The fraction of sp³-hybridized carbons (Fsp3) is 0.385. The van der Waals surface area contributed by atoms with E-state index in [4.69, 9.17) is 5.26 Å². The van der Waals surface area contributed by atoms with Crippen molar-refractivity contribution < 1.29 is 4.79 Å². The lowest BCUT2D eigenvalue weighted by atomic mass is 10.2. The number of amides is 1. The first-order valence-corrected chi connectivity index (χ1v) is 6.67. The van der Waals surface area contributed by atoms with Crippen LogP contribution in [0.25, 0.3) is 0 Å². The Kier molecular flexibility index (Phi) is 6.23. The topological polar surface area (TPSA) is 64.9 Å². The van der Waals surface area contributed by atoms with Crippen molar-refractivity contribution in [2.24, 2.45) is 0 Å². The van der Waals surface area contributed by atoms with E-state index in [2.05, 4.69) is 39.6 Å². The summed E-state index contributed by atoms with van der Waals surface area (Å²) in [6.07, 6.45) is 2.03. The normalized spacial score (nSPS) is 9.61. The number of unbranched alkanes of at least 4 members (excludes halogenated alkanes) is 1. The van der Waals surface area contributed by atoms with Crippen LogP contribution in [0.1, 0.15) is 25.3 Å². The van der Waals surface area contributed by atoms with E-state index < -0.39 is 0 Å². The zero-order valence-corrected chi connectivity index (χ0v) is 11.9. The number of anilines is 1. The lowest BCUT2D eigenvalue weighted by Crippen LogP contribution is -2.30. The predicted molar refractivity (Wildman–Crippen MR) is 75.3 cm³/mol. The van der Waals surface area contributed by atoms with E-state index in [0.29, 0.717) is 17.8 Å². The average molecular weight is 310 g/mol. The molecule has 0 aromatic heterocycles. The highest BCUT2D eigenvalue weighted by atomic mass is 79.9. The van der Waals surface area contributed by atoms with Gasteiger partial charge in [0.05, 0.1) is 17.8 Å². The van der Waals surface area contributed by atoms with Crippen molar-refractivity contribution in [3.05, 3.63) is 28.2 Å². The standard InChI is InChI=1S/C13H16BrN3O/c1-2-3-6-16-13(18)9-17-12-7-11(14)5-4-10(12)8-15/h4-5,7,17H,2-3,6,9H2,1H3,(H,16,18). The van der Waals surface area contributed by atoms with Crippen molar-refractivity contribution in [2.75, 3.05) is 18.4 Å². The van der Waals surface area contributed by atoms with E-state index in [9.17, 15) is 4.79 Å². The molecule has 0 aliphatic heterocycles. The number of halogens is 1. The quantitative estimate of drug-likeness (QED) is 0.794. The second kappa shape index (κ2) is 7.72. The summed E-state index contributed by atoms with van der Waals surface area (Å²) in [6, 6.07) is 7.38. The molecule has 1 amide bonds. The molecule has 0 spiro atoms. The molecule has 4 nitrogen and oxygen atoms in total. The lowest BCUT2D eigenvalue weighted by molar-refractivity contribution is -0.119. The summed E-state index contributed by atoms with van der Waals surface area (Å²) in [7, 11) is 0. The molecular formula is C13H16BrN3O. The van der Waals surface area contributed by atoms with Gasteiger partial charge < -0.3 is 10.6 Å². The van der Waals surface area contributed by atoms with Crippen molar-refractivity contribution in [3.63, 3.8) is 0 Å².